The number of benzene rings is 1. The van der Waals surface area contributed by atoms with Crippen LogP contribution in [0.5, 0.6) is 0 Å². The largest absolute Gasteiger partial charge is 0.366 e. The minimum Gasteiger partial charge on any atom is -0.366 e. The van der Waals surface area contributed by atoms with E-state index < -0.39 is 5.91 Å². The summed E-state index contributed by atoms with van der Waals surface area (Å²) in [6.45, 7) is 4.96. The summed E-state index contributed by atoms with van der Waals surface area (Å²) in [5.41, 5.74) is 6.49. The molecule has 1 fully saturated rings. The molecule has 0 radical (unpaired) electrons. The zero-order chi connectivity index (χ0) is 16.8. The number of nitrogens with zero attached hydrogens (tertiary/aromatic N) is 1. The maximum absolute atomic E-state index is 12.2. The summed E-state index contributed by atoms with van der Waals surface area (Å²) < 4.78 is 0. The van der Waals surface area contributed by atoms with Crippen LogP contribution in [0.25, 0.3) is 0 Å². The molecule has 1 heterocycles. The minimum atomic E-state index is -0.488. The molecule has 1 aliphatic rings. The highest BCUT2D eigenvalue weighted by atomic mass is 16.2. The average molecular weight is 315 g/mol. The molecule has 0 aromatic heterocycles. The van der Waals surface area contributed by atoms with E-state index in [2.05, 4.69) is 11.9 Å². The summed E-state index contributed by atoms with van der Waals surface area (Å²) in [5, 5.41) is 2.88. The number of hydrogen-bond acceptors (Lipinski definition) is 3. The summed E-state index contributed by atoms with van der Waals surface area (Å²) in [6, 6.07) is 6.88. The van der Waals surface area contributed by atoms with E-state index in [1.165, 1.54) is 6.08 Å². The monoisotopic (exact) mass is 315 g/mol. The van der Waals surface area contributed by atoms with Crippen LogP contribution in [-0.4, -0.2) is 35.7 Å². The average Bonchev–Trinajstić information content (AvgIpc) is 2.59. The van der Waals surface area contributed by atoms with Gasteiger partial charge >= 0.3 is 0 Å². The molecule has 0 spiro atoms. The molecule has 0 aliphatic carbocycles. The molecule has 0 unspecified atom stereocenters. The number of carbonyl (C=O) groups excluding carboxylic acids is 3. The molecule has 1 saturated heterocycles. The lowest BCUT2D eigenvalue weighted by Gasteiger charge is -2.30. The van der Waals surface area contributed by atoms with Crippen LogP contribution in [0.2, 0.25) is 0 Å². The lowest BCUT2D eigenvalue weighted by molar-refractivity contribution is -0.132. The Balaban J connectivity index is 1.84. The number of rotatable bonds is 5. The highest BCUT2D eigenvalue weighted by Gasteiger charge is 2.26. The lowest BCUT2D eigenvalue weighted by Crippen LogP contribution is -2.42. The van der Waals surface area contributed by atoms with Crippen LogP contribution in [0.4, 0.5) is 0 Å². The van der Waals surface area contributed by atoms with E-state index >= 15 is 0 Å². The molecule has 1 aromatic carbocycles. The van der Waals surface area contributed by atoms with Crippen molar-refractivity contribution in [3.8, 4) is 0 Å². The fourth-order valence-corrected chi connectivity index (χ4v) is 2.66. The van der Waals surface area contributed by atoms with E-state index in [1.54, 1.807) is 23.1 Å². The van der Waals surface area contributed by atoms with E-state index in [0.29, 0.717) is 38.0 Å². The Morgan fingerprint density at radius 2 is 2.00 bits per heavy atom. The molecule has 23 heavy (non-hydrogen) atoms. The van der Waals surface area contributed by atoms with Crippen LogP contribution in [0, 0.1) is 5.92 Å². The second-order valence-electron chi connectivity index (χ2n) is 5.59. The Bertz CT molecular complexity index is 619. The Labute approximate surface area is 135 Å². The molecule has 3 N–H and O–H groups in total. The molecule has 3 amide bonds. The van der Waals surface area contributed by atoms with Crippen LogP contribution in [-0.2, 0) is 16.1 Å². The molecule has 0 saturated carbocycles. The Morgan fingerprint density at radius 1 is 1.30 bits per heavy atom. The smallest absolute Gasteiger partial charge is 0.248 e. The van der Waals surface area contributed by atoms with Gasteiger partial charge in [0, 0.05) is 31.1 Å². The molecule has 1 aliphatic heterocycles. The van der Waals surface area contributed by atoms with Crippen molar-refractivity contribution >= 4 is 17.7 Å². The molecule has 122 valence electrons. The predicted octanol–water partition coefficient (Wildman–Crippen LogP) is 0.826. The maximum Gasteiger partial charge on any atom is 0.248 e. The summed E-state index contributed by atoms with van der Waals surface area (Å²) in [4.78, 5) is 36.6. The van der Waals surface area contributed by atoms with E-state index in [0.717, 1.165) is 5.56 Å². The van der Waals surface area contributed by atoms with Gasteiger partial charge in [0.2, 0.25) is 17.7 Å². The van der Waals surface area contributed by atoms with Crippen molar-refractivity contribution in [1.82, 2.24) is 10.2 Å². The van der Waals surface area contributed by atoms with Gasteiger partial charge in [-0.3, -0.25) is 14.4 Å². The number of likely N-dealkylation sites (tertiary alicyclic amines) is 1. The van der Waals surface area contributed by atoms with Crippen molar-refractivity contribution in [2.75, 3.05) is 13.1 Å². The van der Waals surface area contributed by atoms with E-state index in [4.69, 9.17) is 5.73 Å². The fourth-order valence-electron chi connectivity index (χ4n) is 2.66. The number of piperidine rings is 1. The number of nitrogens with one attached hydrogen (secondary N) is 1. The van der Waals surface area contributed by atoms with Crippen molar-refractivity contribution in [1.29, 1.82) is 0 Å². The van der Waals surface area contributed by atoms with Gasteiger partial charge in [-0.2, -0.15) is 0 Å². The summed E-state index contributed by atoms with van der Waals surface area (Å²) in [5.74, 6) is -0.701. The molecular weight excluding hydrogens is 294 g/mol. The molecule has 1 aromatic rings. The molecule has 6 nitrogen and oxygen atoms in total. The normalized spacial score (nSPS) is 15.0. The number of primary amides is 1. The number of hydrogen-bond donors (Lipinski definition) is 2. The second-order valence-corrected chi connectivity index (χ2v) is 5.59. The topological polar surface area (TPSA) is 92.5 Å². The van der Waals surface area contributed by atoms with Crippen LogP contribution < -0.4 is 11.1 Å². The first-order chi connectivity index (χ1) is 11.0. The van der Waals surface area contributed by atoms with E-state index in [9.17, 15) is 14.4 Å². The highest BCUT2D eigenvalue weighted by Crippen LogP contribution is 2.18. The zero-order valence-electron chi connectivity index (χ0n) is 13.0. The van der Waals surface area contributed by atoms with Gasteiger partial charge in [0.15, 0.2) is 0 Å². The van der Waals surface area contributed by atoms with Gasteiger partial charge in [-0.15, -0.1) is 0 Å². The van der Waals surface area contributed by atoms with Gasteiger partial charge in [0.05, 0.1) is 0 Å². The number of carbonyl (C=O) groups is 3. The molecule has 0 bridgehead atoms. The SMILES string of the molecule is C=CC(=O)N1CCC(C(=O)NCc2cccc(C(N)=O)c2)CC1. The minimum absolute atomic E-state index is 0.0276. The predicted molar refractivity (Wildman–Crippen MR) is 86.3 cm³/mol. The quantitative estimate of drug-likeness (QED) is 0.788. The van der Waals surface area contributed by atoms with Gasteiger partial charge in [-0.25, -0.2) is 0 Å². The van der Waals surface area contributed by atoms with Crippen molar-refractivity contribution < 1.29 is 14.4 Å². The maximum atomic E-state index is 12.2. The zero-order valence-corrected chi connectivity index (χ0v) is 13.0. The standard InChI is InChI=1S/C17H21N3O3/c1-2-15(21)20-8-6-13(7-9-20)17(23)19-11-12-4-3-5-14(10-12)16(18)22/h2-5,10,13H,1,6-9,11H2,(H2,18,22)(H,19,23). The third-order valence-electron chi connectivity index (χ3n) is 4.03. The van der Waals surface area contributed by atoms with Crippen molar-refractivity contribution in [3.63, 3.8) is 0 Å². The van der Waals surface area contributed by atoms with Gasteiger partial charge in [-0.1, -0.05) is 18.7 Å². The Kier molecular flexibility index (Phi) is 5.51. The van der Waals surface area contributed by atoms with Crippen molar-refractivity contribution in [3.05, 3.63) is 48.0 Å². The van der Waals surface area contributed by atoms with E-state index in [-0.39, 0.29) is 17.7 Å². The number of amides is 3. The Hall–Kier alpha value is -2.63. The summed E-state index contributed by atoms with van der Waals surface area (Å²) in [7, 11) is 0. The van der Waals surface area contributed by atoms with Crippen LogP contribution in [0.1, 0.15) is 28.8 Å². The molecule has 6 heteroatoms. The van der Waals surface area contributed by atoms with Crippen molar-refractivity contribution in [2.45, 2.75) is 19.4 Å². The van der Waals surface area contributed by atoms with Gasteiger partial charge in [0.1, 0.15) is 0 Å². The third-order valence-corrected chi connectivity index (χ3v) is 4.03. The lowest BCUT2D eigenvalue weighted by atomic mass is 9.95. The fraction of sp³-hybridized carbons (Fsp3) is 0.353. The summed E-state index contributed by atoms with van der Waals surface area (Å²) >= 11 is 0. The van der Waals surface area contributed by atoms with Gasteiger partial charge in [-0.05, 0) is 36.6 Å². The first-order valence-corrected chi connectivity index (χ1v) is 7.59. The van der Waals surface area contributed by atoms with E-state index in [1.807, 2.05) is 6.07 Å². The van der Waals surface area contributed by atoms with Crippen molar-refractivity contribution in [2.24, 2.45) is 11.7 Å². The summed E-state index contributed by atoms with van der Waals surface area (Å²) in [6.07, 6.45) is 2.59. The second kappa shape index (κ2) is 7.58. The molecule has 0 atom stereocenters. The van der Waals surface area contributed by atoms with Gasteiger partial charge < -0.3 is 16.0 Å². The number of nitrogens with two attached hydrogens (primary N) is 1. The first kappa shape index (κ1) is 16.7. The molecular formula is C17H21N3O3. The first-order valence-electron chi connectivity index (χ1n) is 7.59. The van der Waals surface area contributed by atoms with Crippen LogP contribution >= 0.6 is 0 Å². The van der Waals surface area contributed by atoms with Crippen LogP contribution in [0.15, 0.2) is 36.9 Å². The third kappa shape index (κ3) is 4.42. The highest BCUT2D eigenvalue weighted by molar-refractivity contribution is 5.93. The Morgan fingerprint density at radius 3 is 2.61 bits per heavy atom. The van der Waals surface area contributed by atoms with Gasteiger partial charge in [0.25, 0.3) is 0 Å². The molecule has 2 rings (SSSR count). The van der Waals surface area contributed by atoms with Crippen LogP contribution in [0.3, 0.4) is 0 Å².